The fourth-order valence-corrected chi connectivity index (χ4v) is 3.44. The van der Waals surface area contributed by atoms with Crippen molar-refractivity contribution in [2.24, 2.45) is 0 Å². The topological polar surface area (TPSA) is 61.6 Å². The predicted octanol–water partition coefficient (Wildman–Crippen LogP) is 5.74. The van der Waals surface area contributed by atoms with E-state index < -0.39 is 0 Å². The van der Waals surface area contributed by atoms with E-state index in [1.165, 1.54) is 0 Å². The zero-order valence-electron chi connectivity index (χ0n) is 18.0. The zero-order chi connectivity index (χ0) is 22.2. The minimum Gasteiger partial charge on any atom is -0.482 e. The number of esters is 1. The van der Waals surface area contributed by atoms with Gasteiger partial charge in [-0.1, -0.05) is 72.8 Å². The van der Waals surface area contributed by atoms with Gasteiger partial charge in [-0.15, -0.1) is 0 Å². The molecule has 0 spiro atoms. The van der Waals surface area contributed by atoms with Crippen molar-refractivity contribution in [3.63, 3.8) is 0 Å². The Labute approximate surface area is 187 Å². The van der Waals surface area contributed by atoms with Crippen LogP contribution in [0.1, 0.15) is 18.4 Å². The molecule has 0 saturated carbocycles. The number of aryl methyl sites for hydroxylation is 2. The number of rotatable bonds is 9. The number of ether oxygens (including phenoxy) is 2. The van der Waals surface area contributed by atoms with E-state index in [0.29, 0.717) is 24.7 Å². The first kappa shape index (κ1) is 21.4. The lowest BCUT2D eigenvalue weighted by molar-refractivity contribution is -0.145. The fourth-order valence-electron chi connectivity index (χ4n) is 3.44. The highest BCUT2D eigenvalue weighted by Crippen LogP contribution is 2.33. The number of hydrogen-bond acceptors (Lipinski definition) is 5. The second-order valence-corrected chi connectivity index (χ2v) is 7.26. The summed E-state index contributed by atoms with van der Waals surface area (Å²) in [6.45, 7) is 2.01. The second kappa shape index (κ2) is 10.4. The van der Waals surface area contributed by atoms with Gasteiger partial charge >= 0.3 is 5.97 Å². The molecule has 0 atom stereocenters. The number of oxazole rings is 1. The lowest BCUT2D eigenvalue weighted by Gasteiger charge is -2.07. The third-order valence-corrected chi connectivity index (χ3v) is 4.94. The van der Waals surface area contributed by atoms with Crippen LogP contribution in [0.4, 0.5) is 0 Å². The third-order valence-electron chi connectivity index (χ3n) is 4.94. The Balaban J connectivity index is 1.50. The summed E-state index contributed by atoms with van der Waals surface area (Å²) < 4.78 is 16.6. The quantitative estimate of drug-likeness (QED) is 0.319. The molecule has 1 aromatic heterocycles. The van der Waals surface area contributed by atoms with Gasteiger partial charge in [0.05, 0.1) is 6.61 Å². The minimum absolute atomic E-state index is 0.0993. The van der Waals surface area contributed by atoms with Crippen LogP contribution in [0.5, 0.6) is 5.75 Å². The number of carbonyl (C=O) groups excluding carboxylic acids is 1. The molecule has 3 aromatic carbocycles. The van der Waals surface area contributed by atoms with E-state index in [1.54, 1.807) is 6.92 Å². The Morgan fingerprint density at radius 1 is 0.875 bits per heavy atom. The predicted molar refractivity (Wildman–Crippen MR) is 123 cm³/mol. The monoisotopic (exact) mass is 427 g/mol. The van der Waals surface area contributed by atoms with Gasteiger partial charge in [0.15, 0.2) is 18.3 Å². The first-order valence-electron chi connectivity index (χ1n) is 10.7. The second-order valence-electron chi connectivity index (χ2n) is 7.26. The van der Waals surface area contributed by atoms with Gasteiger partial charge in [-0.25, -0.2) is 9.78 Å². The lowest BCUT2D eigenvalue weighted by atomic mass is 10.1. The normalized spacial score (nSPS) is 10.7. The molecule has 1 heterocycles. The van der Waals surface area contributed by atoms with E-state index in [9.17, 15) is 4.79 Å². The molecule has 0 aliphatic carbocycles. The number of hydrogen-bond donors (Lipinski definition) is 0. The van der Waals surface area contributed by atoms with Crippen molar-refractivity contribution >= 4 is 5.97 Å². The summed E-state index contributed by atoms with van der Waals surface area (Å²) in [5, 5.41) is 0. The highest BCUT2D eigenvalue weighted by molar-refractivity contribution is 5.76. The molecule has 0 radical (unpaired) electrons. The maximum Gasteiger partial charge on any atom is 0.344 e. The molecule has 5 nitrogen and oxygen atoms in total. The summed E-state index contributed by atoms with van der Waals surface area (Å²) in [5.41, 5.74) is 3.94. The average Bonchev–Trinajstić information content (AvgIpc) is 3.27. The zero-order valence-corrected chi connectivity index (χ0v) is 18.0. The Bertz CT molecular complexity index is 1100. The molecule has 0 unspecified atom stereocenters. The van der Waals surface area contributed by atoms with Crippen molar-refractivity contribution in [3.05, 3.63) is 96.4 Å². The molecule has 0 aliphatic rings. The molecule has 0 saturated heterocycles. The molecule has 0 fully saturated rings. The van der Waals surface area contributed by atoms with Crippen LogP contribution < -0.4 is 4.74 Å². The number of aromatic nitrogens is 1. The van der Waals surface area contributed by atoms with Gasteiger partial charge in [-0.05, 0) is 31.0 Å². The van der Waals surface area contributed by atoms with E-state index >= 15 is 0 Å². The molecule has 162 valence electrons. The standard InChI is InChI=1S/C27H25NO4/c1-2-30-25(29)19-31-23-15-9-10-20(18-23)16-17-24-28-26(21-11-5-3-6-12-21)27(32-24)22-13-7-4-8-14-22/h3-15,18H,2,16-17,19H2,1H3. The summed E-state index contributed by atoms with van der Waals surface area (Å²) >= 11 is 0. The molecule has 0 amide bonds. The molecule has 0 aliphatic heterocycles. The largest absolute Gasteiger partial charge is 0.482 e. The number of benzene rings is 3. The Hall–Kier alpha value is -3.86. The van der Waals surface area contributed by atoms with Crippen LogP contribution in [0.25, 0.3) is 22.6 Å². The maximum atomic E-state index is 11.5. The van der Waals surface area contributed by atoms with E-state index in [-0.39, 0.29) is 12.6 Å². The van der Waals surface area contributed by atoms with Gasteiger partial charge < -0.3 is 13.9 Å². The Morgan fingerprint density at radius 2 is 1.59 bits per heavy atom. The van der Waals surface area contributed by atoms with Crippen LogP contribution in [0.2, 0.25) is 0 Å². The highest BCUT2D eigenvalue weighted by atomic mass is 16.6. The summed E-state index contributed by atoms with van der Waals surface area (Å²) in [5.74, 6) is 1.72. The van der Waals surface area contributed by atoms with Crippen LogP contribution >= 0.6 is 0 Å². The summed E-state index contributed by atoms with van der Waals surface area (Å²) in [6.07, 6.45) is 1.38. The highest BCUT2D eigenvalue weighted by Gasteiger charge is 2.16. The average molecular weight is 428 g/mol. The molecule has 4 aromatic rings. The van der Waals surface area contributed by atoms with Gasteiger partial charge in [0.1, 0.15) is 11.4 Å². The van der Waals surface area contributed by atoms with Crippen LogP contribution in [-0.2, 0) is 22.4 Å². The van der Waals surface area contributed by atoms with E-state index in [1.807, 2.05) is 84.9 Å². The van der Waals surface area contributed by atoms with Crippen molar-refractivity contribution < 1.29 is 18.7 Å². The van der Waals surface area contributed by atoms with Gasteiger partial charge in [0, 0.05) is 17.5 Å². The van der Waals surface area contributed by atoms with Crippen LogP contribution in [0.3, 0.4) is 0 Å². The van der Waals surface area contributed by atoms with Crippen molar-refractivity contribution in [2.75, 3.05) is 13.2 Å². The summed E-state index contributed by atoms with van der Waals surface area (Å²) in [7, 11) is 0. The molecule has 0 bridgehead atoms. The smallest absolute Gasteiger partial charge is 0.344 e. The third kappa shape index (κ3) is 5.43. The van der Waals surface area contributed by atoms with E-state index in [2.05, 4.69) is 0 Å². The SMILES string of the molecule is CCOC(=O)COc1cccc(CCc2nc(-c3ccccc3)c(-c3ccccc3)o2)c1. The fraction of sp³-hybridized carbons (Fsp3) is 0.185. The van der Waals surface area contributed by atoms with Crippen LogP contribution in [0.15, 0.2) is 89.3 Å². The van der Waals surface area contributed by atoms with Crippen LogP contribution in [-0.4, -0.2) is 24.2 Å². The maximum absolute atomic E-state index is 11.5. The molecule has 32 heavy (non-hydrogen) atoms. The van der Waals surface area contributed by atoms with Crippen molar-refractivity contribution in [2.45, 2.75) is 19.8 Å². The molecular formula is C27H25NO4. The van der Waals surface area contributed by atoms with E-state index in [0.717, 1.165) is 34.6 Å². The molecule has 4 rings (SSSR count). The Morgan fingerprint density at radius 3 is 2.31 bits per heavy atom. The molecule has 0 N–H and O–H groups in total. The van der Waals surface area contributed by atoms with Crippen LogP contribution in [0, 0.1) is 0 Å². The van der Waals surface area contributed by atoms with Gasteiger partial charge in [0.2, 0.25) is 0 Å². The Kier molecular flexibility index (Phi) is 6.98. The van der Waals surface area contributed by atoms with Crippen molar-refractivity contribution in [1.82, 2.24) is 4.98 Å². The van der Waals surface area contributed by atoms with E-state index in [4.69, 9.17) is 18.9 Å². The number of nitrogens with zero attached hydrogens (tertiary/aromatic N) is 1. The first-order valence-corrected chi connectivity index (χ1v) is 10.7. The summed E-state index contributed by atoms with van der Waals surface area (Å²) in [4.78, 5) is 16.3. The van der Waals surface area contributed by atoms with Gasteiger partial charge in [0.25, 0.3) is 0 Å². The summed E-state index contributed by atoms with van der Waals surface area (Å²) in [6, 6.07) is 27.8. The van der Waals surface area contributed by atoms with Crippen molar-refractivity contribution in [1.29, 1.82) is 0 Å². The lowest BCUT2D eigenvalue weighted by Crippen LogP contribution is -2.14. The van der Waals surface area contributed by atoms with Gasteiger partial charge in [-0.2, -0.15) is 0 Å². The number of carbonyl (C=O) groups is 1. The molecule has 5 heteroatoms. The van der Waals surface area contributed by atoms with Gasteiger partial charge in [-0.3, -0.25) is 0 Å². The molecular weight excluding hydrogens is 402 g/mol. The van der Waals surface area contributed by atoms with Crippen molar-refractivity contribution in [3.8, 4) is 28.3 Å². The minimum atomic E-state index is -0.375. The first-order chi connectivity index (χ1) is 15.7.